The molecule has 0 spiro atoms. The van der Waals surface area contributed by atoms with Crippen molar-refractivity contribution in [3.8, 4) is 0 Å². The van der Waals surface area contributed by atoms with Gasteiger partial charge in [0.05, 0.1) is 0 Å². The molecule has 106 valence electrons. The van der Waals surface area contributed by atoms with Crippen molar-refractivity contribution in [2.24, 2.45) is 0 Å². The molecule has 6 nitrogen and oxygen atoms in total. The molecule has 2 aromatic rings. The van der Waals surface area contributed by atoms with Crippen LogP contribution in [0.1, 0.15) is 25.7 Å². The van der Waals surface area contributed by atoms with Crippen LogP contribution in [0.2, 0.25) is 0 Å². The maximum absolute atomic E-state index is 4.62. The summed E-state index contributed by atoms with van der Waals surface area (Å²) in [6.45, 7) is 4.75. The van der Waals surface area contributed by atoms with Crippen LogP contribution < -0.4 is 4.90 Å². The van der Waals surface area contributed by atoms with E-state index < -0.39 is 0 Å². The molecule has 0 saturated carbocycles. The highest BCUT2D eigenvalue weighted by molar-refractivity contribution is 5.45. The maximum atomic E-state index is 4.62. The Kier molecular flexibility index (Phi) is 3.03. The monoisotopic (exact) mass is 272 g/mol. The molecule has 4 rings (SSSR count). The highest BCUT2D eigenvalue weighted by Crippen LogP contribution is 2.23. The lowest BCUT2D eigenvalue weighted by Crippen LogP contribution is -2.47. The number of piperidine rings is 1. The Balaban J connectivity index is 1.54. The van der Waals surface area contributed by atoms with Crippen molar-refractivity contribution < 1.29 is 0 Å². The lowest BCUT2D eigenvalue weighted by molar-refractivity contribution is 0.215. The number of fused-ring (bicyclic) bond motifs is 1. The number of hydrogen-bond acceptors (Lipinski definition) is 5. The molecule has 0 bridgehead atoms. The highest BCUT2D eigenvalue weighted by Gasteiger charge is 2.27. The second-order valence-corrected chi connectivity index (χ2v) is 5.81. The summed E-state index contributed by atoms with van der Waals surface area (Å²) in [5.74, 6) is 1.04. The molecule has 2 aromatic heterocycles. The molecule has 1 atom stereocenters. The number of hydrogen-bond donors (Lipinski definition) is 0. The van der Waals surface area contributed by atoms with Crippen molar-refractivity contribution in [3.05, 3.63) is 18.5 Å². The topological polar surface area (TPSA) is 49.6 Å². The molecule has 0 radical (unpaired) electrons. The van der Waals surface area contributed by atoms with Crippen LogP contribution in [0.25, 0.3) is 5.65 Å². The molecule has 6 heteroatoms. The molecule has 2 fully saturated rings. The average Bonchev–Trinajstić information content (AvgIpc) is 3.18. The zero-order valence-corrected chi connectivity index (χ0v) is 11.6. The third kappa shape index (κ3) is 2.14. The summed E-state index contributed by atoms with van der Waals surface area (Å²) < 4.78 is 1.76. The van der Waals surface area contributed by atoms with Gasteiger partial charge in [-0.25, -0.2) is 0 Å². The molecule has 0 aliphatic carbocycles. The summed E-state index contributed by atoms with van der Waals surface area (Å²) in [4.78, 5) is 5.06. The molecule has 0 amide bonds. The van der Waals surface area contributed by atoms with Gasteiger partial charge in [-0.05, 0) is 50.9 Å². The van der Waals surface area contributed by atoms with Crippen LogP contribution in [0, 0.1) is 0 Å². The van der Waals surface area contributed by atoms with Gasteiger partial charge in [0.1, 0.15) is 12.1 Å². The summed E-state index contributed by atoms with van der Waals surface area (Å²) in [6, 6.07) is 4.76. The number of anilines is 1. The Morgan fingerprint density at radius 3 is 2.85 bits per heavy atom. The van der Waals surface area contributed by atoms with Crippen molar-refractivity contribution >= 4 is 11.5 Å². The first-order valence-corrected chi connectivity index (χ1v) is 7.56. The minimum atomic E-state index is 0.699. The number of rotatable bonds is 2. The largest absolute Gasteiger partial charge is 0.354 e. The predicted molar refractivity (Wildman–Crippen MR) is 76.8 cm³/mol. The molecule has 0 aromatic carbocycles. The predicted octanol–water partition coefficient (Wildman–Crippen LogP) is 1.19. The van der Waals surface area contributed by atoms with E-state index in [0.717, 1.165) is 24.6 Å². The van der Waals surface area contributed by atoms with Crippen molar-refractivity contribution in [1.82, 2.24) is 24.7 Å². The fraction of sp³-hybridized carbons (Fsp3) is 0.643. The van der Waals surface area contributed by atoms with E-state index in [9.17, 15) is 0 Å². The second kappa shape index (κ2) is 5.01. The van der Waals surface area contributed by atoms with E-state index >= 15 is 0 Å². The van der Waals surface area contributed by atoms with Gasteiger partial charge in [0.25, 0.3) is 0 Å². The van der Waals surface area contributed by atoms with Gasteiger partial charge in [0, 0.05) is 19.1 Å². The zero-order valence-electron chi connectivity index (χ0n) is 11.6. The van der Waals surface area contributed by atoms with Crippen LogP contribution >= 0.6 is 0 Å². The van der Waals surface area contributed by atoms with E-state index in [1.165, 1.54) is 38.8 Å². The molecule has 4 heterocycles. The molecule has 20 heavy (non-hydrogen) atoms. The smallest absolute Gasteiger partial charge is 0.177 e. The van der Waals surface area contributed by atoms with Crippen LogP contribution in [0.15, 0.2) is 18.5 Å². The zero-order chi connectivity index (χ0) is 13.4. The molecule has 2 aliphatic heterocycles. The Hall–Kier alpha value is -1.69. The Labute approximate surface area is 118 Å². The van der Waals surface area contributed by atoms with Gasteiger partial charge in [0.15, 0.2) is 5.65 Å². The number of nitrogens with zero attached hydrogens (tertiary/aromatic N) is 6. The lowest BCUT2D eigenvalue weighted by Gasteiger charge is -2.38. The van der Waals surface area contributed by atoms with Gasteiger partial charge < -0.3 is 4.90 Å². The van der Waals surface area contributed by atoms with E-state index in [0.29, 0.717) is 6.04 Å². The molecule has 2 saturated heterocycles. The maximum Gasteiger partial charge on any atom is 0.177 e. The van der Waals surface area contributed by atoms with Gasteiger partial charge in [-0.3, -0.25) is 4.90 Å². The molecule has 0 N–H and O–H groups in total. The second-order valence-electron chi connectivity index (χ2n) is 5.81. The Morgan fingerprint density at radius 2 is 1.95 bits per heavy atom. The number of aromatic nitrogens is 4. The third-order valence-corrected chi connectivity index (χ3v) is 4.53. The van der Waals surface area contributed by atoms with Crippen LogP contribution in [0.4, 0.5) is 5.82 Å². The first-order valence-electron chi connectivity index (χ1n) is 7.56. The molecular formula is C14H20N6. The normalized spacial score (nSPS) is 24.6. The van der Waals surface area contributed by atoms with Gasteiger partial charge in [-0.2, -0.15) is 4.52 Å². The highest BCUT2D eigenvalue weighted by atomic mass is 15.4. The van der Waals surface area contributed by atoms with Crippen LogP contribution in [-0.4, -0.2) is 56.9 Å². The van der Waals surface area contributed by atoms with E-state index in [1.54, 1.807) is 10.8 Å². The number of likely N-dealkylation sites (tertiary alicyclic amines) is 1. The molecular weight excluding hydrogens is 252 g/mol. The Bertz CT molecular complexity index is 588. The Morgan fingerprint density at radius 1 is 1.05 bits per heavy atom. The molecule has 0 unspecified atom stereocenters. The molecule has 2 aliphatic rings. The summed E-state index contributed by atoms with van der Waals surface area (Å²) >= 11 is 0. The first-order chi connectivity index (χ1) is 9.90. The van der Waals surface area contributed by atoms with Gasteiger partial charge in [0.2, 0.25) is 0 Å². The average molecular weight is 272 g/mol. The van der Waals surface area contributed by atoms with E-state index in [4.69, 9.17) is 0 Å². The quantitative estimate of drug-likeness (QED) is 0.822. The van der Waals surface area contributed by atoms with Crippen molar-refractivity contribution in [1.29, 1.82) is 0 Å². The SMILES string of the molecule is c1cc2nncn2nc1N1CCC[C@H](N2CCCC2)C1. The third-order valence-electron chi connectivity index (χ3n) is 4.53. The van der Waals surface area contributed by atoms with Crippen LogP contribution in [0.3, 0.4) is 0 Å². The van der Waals surface area contributed by atoms with E-state index in [-0.39, 0.29) is 0 Å². The summed E-state index contributed by atoms with van der Waals surface area (Å²) in [7, 11) is 0. The first kappa shape index (κ1) is 12.1. The fourth-order valence-corrected chi connectivity index (χ4v) is 3.45. The minimum Gasteiger partial charge on any atom is -0.354 e. The standard InChI is InChI=1S/C14H20N6/c1-2-8-18(7-1)12-4-3-9-19(10-12)14-6-5-13-16-15-11-20(13)17-14/h5-6,11-12H,1-4,7-10H2/t12-/m0/s1. The minimum absolute atomic E-state index is 0.699. The van der Waals surface area contributed by atoms with Crippen molar-refractivity contribution in [2.75, 3.05) is 31.1 Å². The van der Waals surface area contributed by atoms with Crippen molar-refractivity contribution in [2.45, 2.75) is 31.7 Å². The summed E-state index contributed by atoms with van der Waals surface area (Å²) in [5.41, 5.74) is 0.807. The summed E-state index contributed by atoms with van der Waals surface area (Å²) in [6.07, 6.45) is 6.97. The summed E-state index contributed by atoms with van der Waals surface area (Å²) in [5, 5.41) is 12.5. The lowest BCUT2D eigenvalue weighted by atomic mass is 10.0. The van der Waals surface area contributed by atoms with Gasteiger partial charge in [-0.1, -0.05) is 0 Å². The van der Waals surface area contributed by atoms with Gasteiger partial charge in [-0.15, -0.1) is 15.3 Å². The van der Waals surface area contributed by atoms with Crippen LogP contribution in [0.5, 0.6) is 0 Å². The van der Waals surface area contributed by atoms with Gasteiger partial charge >= 0.3 is 0 Å². The van der Waals surface area contributed by atoms with Crippen molar-refractivity contribution in [3.63, 3.8) is 0 Å². The van der Waals surface area contributed by atoms with E-state index in [2.05, 4.69) is 31.2 Å². The fourth-order valence-electron chi connectivity index (χ4n) is 3.45. The van der Waals surface area contributed by atoms with Crippen LogP contribution in [-0.2, 0) is 0 Å². The van der Waals surface area contributed by atoms with E-state index in [1.807, 2.05) is 6.07 Å².